The highest BCUT2D eigenvalue weighted by Crippen LogP contribution is 2.64. The molecule has 1 spiro atoms. The molecule has 3 heterocycles. The maximum Gasteiger partial charge on any atom is 0.160 e. The average molecular weight is 745 g/mol. The summed E-state index contributed by atoms with van der Waals surface area (Å²) in [6, 6.07) is 69.4. The van der Waals surface area contributed by atoms with Crippen molar-refractivity contribution in [1.82, 2.24) is 9.97 Å². The van der Waals surface area contributed by atoms with Gasteiger partial charge >= 0.3 is 0 Å². The lowest BCUT2D eigenvalue weighted by atomic mass is 9.66. The van der Waals surface area contributed by atoms with Gasteiger partial charge in [-0.3, -0.25) is 0 Å². The highest BCUT2D eigenvalue weighted by atomic mass is 32.1. The average Bonchev–Trinajstić information content (AvgIpc) is 3.81. The zero-order chi connectivity index (χ0) is 37.5. The summed E-state index contributed by atoms with van der Waals surface area (Å²) in [6.45, 7) is 0. The second-order valence-corrected chi connectivity index (χ2v) is 15.9. The Morgan fingerprint density at radius 2 is 1.00 bits per heavy atom. The molecule has 1 aliphatic heterocycles. The first kappa shape index (κ1) is 32.1. The Labute approximate surface area is 334 Å². The summed E-state index contributed by atoms with van der Waals surface area (Å²) in [5.41, 5.74) is 15.2. The fourth-order valence-electron chi connectivity index (χ4n) is 9.30. The van der Waals surface area contributed by atoms with E-state index in [2.05, 4.69) is 194 Å². The van der Waals surface area contributed by atoms with Gasteiger partial charge in [-0.05, 0) is 68.8 Å². The quantitative estimate of drug-likeness (QED) is 0.180. The zero-order valence-electron chi connectivity index (χ0n) is 30.7. The van der Waals surface area contributed by atoms with E-state index in [-0.39, 0.29) is 0 Å². The Morgan fingerprint density at radius 1 is 0.421 bits per heavy atom. The third-order valence-corrected chi connectivity index (χ3v) is 13.0. The number of para-hydroxylation sites is 2. The number of ether oxygens (including phenoxy) is 1. The van der Waals surface area contributed by atoms with Gasteiger partial charge in [0, 0.05) is 32.3 Å². The van der Waals surface area contributed by atoms with Gasteiger partial charge in [-0.25, -0.2) is 9.97 Å². The number of benzene rings is 8. The van der Waals surface area contributed by atoms with Gasteiger partial charge in [0.05, 0.1) is 21.3 Å². The van der Waals surface area contributed by atoms with Crippen LogP contribution in [0.1, 0.15) is 22.3 Å². The minimum absolute atomic E-state index is 0.626. The normalized spacial score (nSPS) is 13.2. The van der Waals surface area contributed by atoms with E-state index in [0.29, 0.717) is 5.82 Å². The SMILES string of the molecule is c1ccc(-c2ccc(-c3nc(-c4cccc5c4-c4ccc(-c6ccccc6)cc4C54c5ccccc5Oc5ccccc54)c4sc5ccccc5c4n3)cc2)cc1. The highest BCUT2D eigenvalue weighted by Gasteiger charge is 2.52. The first-order valence-electron chi connectivity index (χ1n) is 19.3. The molecule has 0 fully saturated rings. The lowest BCUT2D eigenvalue weighted by Crippen LogP contribution is -2.32. The fraction of sp³-hybridized carbons (Fsp3) is 0.0189. The van der Waals surface area contributed by atoms with Crippen molar-refractivity contribution in [2.24, 2.45) is 0 Å². The van der Waals surface area contributed by atoms with Crippen molar-refractivity contribution in [2.45, 2.75) is 5.41 Å². The second-order valence-electron chi connectivity index (χ2n) is 14.8. The van der Waals surface area contributed by atoms with Crippen molar-refractivity contribution < 1.29 is 4.74 Å². The molecule has 1 aliphatic carbocycles. The van der Waals surface area contributed by atoms with E-state index in [1.165, 1.54) is 43.6 Å². The minimum Gasteiger partial charge on any atom is -0.457 e. The molecule has 8 aromatic carbocycles. The molecule has 2 aliphatic rings. The van der Waals surface area contributed by atoms with Crippen LogP contribution < -0.4 is 4.74 Å². The molecular weight excluding hydrogens is 713 g/mol. The van der Waals surface area contributed by atoms with Crippen LogP contribution in [0.5, 0.6) is 11.5 Å². The molecule has 3 nitrogen and oxygen atoms in total. The summed E-state index contributed by atoms with van der Waals surface area (Å²) in [7, 11) is 0. The topological polar surface area (TPSA) is 35.0 Å². The van der Waals surface area contributed by atoms with Gasteiger partial charge in [-0.1, -0.05) is 170 Å². The van der Waals surface area contributed by atoms with E-state index < -0.39 is 5.41 Å². The Hall–Kier alpha value is -7.14. The first-order chi connectivity index (χ1) is 28.3. The molecule has 2 aromatic heterocycles. The van der Waals surface area contributed by atoms with Gasteiger partial charge in [-0.2, -0.15) is 0 Å². The zero-order valence-corrected chi connectivity index (χ0v) is 31.5. The number of hydrogen-bond donors (Lipinski definition) is 0. The Morgan fingerprint density at radius 3 is 1.74 bits per heavy atom. The van der Waals surface area contributed by atoms with Crippen molar-refractivity contribution >= 4 is 31.6 Å². The molecule has 0 N–H and O–H groups in total. The molecule has 10 aromatic rings. The molecule has 0 amide bonds. The highest BCUT2D eigenvalue weighted by molar-refractivity contribution is 7.26. The molecule has 0 atom stereocenters. The van der Waals surface area contributed by atoms with Gasteiger partial charge in [0.2, 0.25) is 0 Å². The van der Waals surface area contributed by atoms with Gasteiger partial charge in [0.15, 0.2) is 5.82 Å². The molecule has 0 saturated carbocycles. The van der Waals surface area contributed by atoms with Crippen molar-refractivity contribution in [3.8, 4) is 67.5 Å². The molecule has 12 rings (SSSR count). The van der Waals surface area contributed by atoms with Crippen molar-refractivity contribution in [3.05, 3.63) is 216 Å². The Balaban J connectivity index is 1.16. The van der Waals surface area contributed by atoms with Crippen LogP contribution in [0.4, 0.5) is 0 Å². The summed E-state index contributed by atoms with van der Waals surface area (Å²) in [4.78, 5) is 10.9. The van der Waals surface area contributed by atoms with Crippen molar-refractivity contribution in [1.29, 1.82) is 0 Å². The summed E-state index contributed by atoms with van der Waals surface area (Å²) < 4.78 is 8.98. The third-order valence-electron chi connectivity index (χ3n) is 11.8. The van der Waals surface area contributed by atoms with E-state index in [1.54, 1.807) is 11.3 Å². The number of thiophene rings is 1. The van der Waals surface area contributed by atoms with E-state index in [9.17, 15) is 0 Å². The molecular formula is C53H32N2OS. The molecule has 266 valence electrons. The molecule has 0 radical (unpaired) electrons. The van der Waals surface area contributed by atoms with Crippen LogP contribution in [0.15, 0.2) is 194 Å². The van der Waals surface area contributed by atoms with E-state index in [0.717, 1.165) is 60.6 Å². The second kappa shape index (κ2) is 12.4. The van der Waals surface area contributed by atoms with Crippen LogP contribution in [0.2, 0.25) is 0 Å². The van der Waals surface area contributed by atoms with Crippen LogP contribution in [0.25, 0.3) is 76.3 Å². The minimum atomic E-state index is -0.626. The number of aromatic nitrogens is 2. The molecule has 0 unspecified atom stereocenters. The number of rotatable bonds is 4. The monoisotopic (exact) mass is 744 g/mol. The van der Waals surface area contributed by atoms with Crippen molar-refractivity contribution in [3.63, 3.8) is 0 Å². The molecule has 0 saturated heterocycles. The predicted octanol–water partition coefficient (Wildman–Crippen LogP) is 14.0. The smallest absolute Gasteiger partial charge is 0.160 e. The van der Waals surface area contributed by atoms with Crippen LogP contribution in [-0.2, 0) is 5.41 Å². The lowest BCUT2D eigenvalue weighted by molar-refractivity contribution is 0.436. The van der Waals surface area contributed by atoms with Crippen LogP contribution >= 0.6 is 11.3 Å². The molecule has 0 bridgehead atoms. The number of nitrogens with zero attached hydrogens (tertiary/aromatic N) is 2. The lowest BCUT2D eigenvalue weighted by Gasteiger charge is -2.39. The first-order valence-corrected chi connectivity index (χ1v) is 20.1. The third kappa shape index (κ3) is 4.71. The Bertz CT molecular complexity index is 3160. The van der Waals surface area contributed by atoms with E-state index in [1.807, 2.05) is 0 Å². The predicted molar refractivity (Wildman–Crippen MR) is 234 cm³/mol. The van der Waals surface area contributed by atoms with Crippen molar-refractivity contribution in [2.75, 3.05) is 0 Å². The maximum atomic E-state index is 6.70. The van der Waals surface area contributed by atoms with Gasteiger partial charge < -0.3 is 4.74 Å². The standard InChI is InChI=1S/C53H32N2OS/c1-3-14-33(15-4-1)35-26-28-36(29-27-35)52-54-49-39-18-7-12-25-47(39)57-51(49)50(55-52)40-19-13-22-43-48(40)38-31-30-37(34-16-5-2-6-17-34)32-44(38)53(43)41-20-8-10-23-45(41)56-46-24-11-9-21-42(46)53/h1-32H. The fourth-order valence-corrected chi connectivity index (χ4v) is 10.4. The van der Waals surface area contributed by atoms with E-state index >= 15 is 0 Å². The van der Waals surface area contributed by atoms with E-state index in [4.69, 9.17) is 14.7 Å². The van der Waals surface area contributed by atoms with Gasteiger partial charge in [-0.15, -0.1) is 11.3 Å². The Kier molecular flexibility index (Phi) is 7.01. The van der Waals surface area contributed by atoms with Gasteiger partial charge in [0.25, 0.3) is 0 Å². The van der Waals surface area contributed by atoms with Crippen LogP contribution in [0, 0.1) is 0 Å². The molecule has 4 heteroatoms. The summed E-state index contributed by atoms with van der Waals surface area (Å²) in [5.74, 6) is 2.47. The van der Waals surface area contributed by atoms with Gasteiger partial charge in [0.1, 0.15) is 11.5 Å². The summed E-state index contributed by atoms with van der Waals surface area (Å²) in [5, 5.41) is 1.15. The summed E-state index contributed by atoms with van der Waals surface area (Å²) in [6.07, 6.45) is 0. The summed E-state index contributed by atoms with van der Waals surface area (Å²) >= 11 is 1.77. The number of hydrogen-bond acceptors (Lipinski definition) is 4. The largest absolute Gasteiger partial charge is 0.457 e. The maximum absolute atomic E-state index is 6.70. The van der Waals surface area contributed by atoms with Crippen LogP contribution in [-0.4, -0.2) is 9.97 Å². The molecule has 57 heavy (non-hydrogen) atoms. The van der Waals surface area contributed by atoms with Crippen LogP contribution in [0.3, 0.4) is 0 Å². The number of fused-ring (bicyclic) bond motifs is 12.